The van der Waals surface area contributed by atoms with Crippen LogP contribution in [0.2, 0.25) is 0 Å². The molecule has 1 aliphatic rings. The van der Waals surface area contributed by atoms with E-state index in [0.717, 1.165) is 53.4 Å². The molecule has 0 spiro atoms. The molecule has 12 nitrogen and oxygen atoms in total. The number of ether oxygens (including phenoxy) is 1. The van der Waals surface area contributed by atoms with Crippen LogP contribution in [0.15, 0.2) is 42.6 Å². The number of amides is 1. The Bertz CT molecular complexity index is 1900. The predicted octanol–water partition coefficient (Wildman–Crippen LogP) is 6.72. The van der Waals surface area contributed by atoms with Gasteiger partial charge in [-0.1, -0.05) is 32.0 Å². The van der Waals surface area contributed by atoms with Crippen LogP contribution in [0, 0.1) is 0 Å². The second-order valence-corrected chi connectivity index (χ2v) is 10.8. The number of carbonyl (C=O) groups excluding carboxylic acids is 1. The zero-order chi connectivity index (χ0) is 37.0. The minimum atomic E-state index is -5.08. The Kier molecular flexibility index (Phi) is 11.0. The first-order chi connectivity index (χ1) is 23.4. The SMILES string of the molecule is CCc1cccc(CC)c1NC(=O)c1nn(C)c2c1CCCc1cnc(Nc3ccc(C(=O)O)cc3OC(F)(F)F)nc1-2.O=C(O)C(F)(F)F. The molecule has 2 aromatic heterocycles. The second-order valence-electron chi connectivity index (χ2n) is 10.8. The number of carboxylic acids is 2. The highest BCUT2D eigenvalue weighted by molar-refractivity contribution is 6.05. The van der Waals surface area contributed by atoms with Gasteiger partial charge in [0, 0.05) is 24.5 Å². The summed E-state index contributed by atoms with van der Waals surface area (Å²) in [6.07, 6.45) is -5.20. The first-order valence-corrected chi connectivity index (χ1v) is 15.0. The molecule has 1 aliphatic carbocycles. The number of aromatic carboxylic acids is 1. The van der Waals surface area contributed by atoms with Crippen molar-refractivity contribution in [3.63, 3.8) is 0 Å². The van der Waals surface area contributed by atoms with E-state index in [1.165, 1.54) is 0 Å². The lowest BCUT2D eigenvalue weighted by Gasteiger charge is -2.15. The molecule has 18 heteroatoms. The van der Waals surface area contributed by atoms with Crippen molar-refractivity contribution < 1.29 is 55.7 Å². The average molecular weight is 709 g/mol. The van der Waals surface area contributed by atoms with Gasteiger partial charge in [0.05, 0.1) is 22.6 Å². The molecule has 2 aromatic carbocycles. The molecule has 0 saturated carbocycles. The molecule has 5 rings (SSSR count). The third kappa shape index (κ3) is 8.66. The number of fused-ring (bicyclic) bond motifs is 3. The maximum Gasteiger partial charge on any atom is 0.573 e. The fourth-order valence-corrected chi connectivity index (χ4v) is 5.26. The van der Waals surface area contributed by atoms with E-state index in [1.54, 1.807) is 17.9 Å². The van der Waals surface area contributed by atoms with Crippen LogP contribution in [0.1, 0.15) is 63.4 Å². The molecule has 0 unspecified atom stereocenters. The number of carboxylic acid groups (broad SMARTS) is 2. The van der Waals surface area contributed by atoms with Gasteiger partial charge in [-0.05, 0) is 67.0 Å². The van der Waals surface area contributed by atoms with Crippen molar-refractivity contribution in [3.8, 4) is 17.1 Å². The van der Waals surface area contributed by atoms with Crippen molar-refractivity contribution in [2.45, 2.75) is 58.5 Å². The fourth-order valence-electron chi connectivity index (χ4n) is 5.26. The van der Waals surface area contributed by atoms with Crippen LogP contribution in [0.25, 0.3) is 11.4 Å². The number of anilines is 3. The number of alkyl halides is 6. The Morgan fingerprint density at radius 2 is 1.62 bits per heavy atom. The molecular weight excluding hydrogens is 678 g/mol. The Balaban J connectivity index is 0.000000727. The van der Waals surface area contributed by atoms with Gasteiger partial charge in [0.1, 0.15) is 0 Å². The van der Waals surface area contributed by atoms with Crippen molar-refractivity contribution in [1.82, 2.24) is 19.7 Å². The normalized spacial score (nSPS) is 12.4. The summed E-state index contributed by atoms with van der Waals surface area (Å²) in [7, 11) is 1.71. The zero-order valence-corrected chi connectivity index (χ0v) is 26.7. The van der Waals surface area contributed by atoms with Gasteiger partial charge in [-0.25, -0.2) is 19.6 Å². The minimum Gasteiger partial charge on any atom is -0.478 e. The standard InChI is InChI=1S/C30H29F3N6O4.C2HF3O2/c1-4-16-8-6-9-17(5-2)23(16)36-27(40)25-20-11-7-10-19-15-34-29(37-24(19)26(20)39(3)38-25)35-21-13-12-18(28(41)42)14-22(21)43-30(31,32)33;3-2(4,5)1(6)7/h6,8-9,12-15H,4-5,7,10-11H2,1-3H3,(H,36,40)(H,41,42)(H,34,35,37);(H,6,7). The van der Waals surface area contributed by atoms with E-state index in [0.29, 0.717) is 36.2 Å². The summed E-state index contributed by atoms with van der Waals surface area (Å²) in [6.45, 7) is 4.05. The number of carbonyl (C=O) groups is 3. The maximum absolute atomic E-state index is 13.6. The van der Waals surface area contributed by atoms with Crippen molar-refractivity contribution in [3.05, 3.63) is 76.1 Å². The number of aliphatic carboxylic acids is 1. The van der Waals surface area contributed by atoms with Gasteiger partial charge in [-0.2, -0.15) is 18.3 Å². The van der Waals surface area contributed by atoms with Gasteiger partial charge in [-0.3, -0.25) is 9.48 Å². The third-order valence-corrected chi connectivity index (χ3v) is 7.50. The van der Waals surface area contributed by atoms with E-state index in [2.05, 4.69) is 30.4 Å². The Labute approximate surface area is 280 Å². The molecule has 4 aromatic rings. The lowest BCUT2D eigenvalue weighted by molar-refractivity contribution is -0.274. The fraction of sp³-hybridized carbons (Fsp3) is 0.312. The van der Waals surface area contributed by atoms with Crippen LogP contribution in [-0.2, 0) is 37.5 Å². The van der Waals surface area contributed by atoms with Crippen molar-refractivity contribution in [2.75, 3.05) is 10.6 Å². The summed E-state index contributed by atoms with van der Waals surface area (Å²) in [4.78, 5) is 42.7. The number of nitrogens with zero attached hydrogens (tertiary/aromatic N) is 4. The van der Waals surface area contributed by atoms with Crippen LogP contribution in [0.5, 0.6) is 5.75 Å². The summed E-state index contributed by atoms with van der Waals surface area (Å²) in [5.41, 5.74) is 5.13. The Morgan fingerprint density at radius 1 is 0.980 bits per heavy atom. The lowest BCUT2D eigenvalue weighted by Crippen LogP contribution is -2.21. The van der Waals surface area contributed by atoms with Gasteiger partial charge in [0.15, 0.2) is 11.4 Å². The molecule has 0 fully saturated rings. The van der Waals surface area contributed by atoms with Crippen molar-refractivity contribution >= 4 is 35.2 Å². The van der Waals surface area contributed by atoms with Gasteiger partial charge < -0.3 is 25.6 Å². The number of aromatic nitrogens is 4. The molecule has 0 radical (unpaired) electrons. The molecule has 1 amide bonds. The molecule has 0 atom stereocenters. The molecule has 2 heterocycles. The number of nitrogens with one attached hydrogen (secondary N) is 2. The topological polar surface area (TPSA) is 169 Å². The van der Waals surface area contributed by atoms with E-state index in [1.807, 2.05) is 32.0 Å². The van der Waals surface area contributed by atoms with Crippen LogP contribution in [-0.4, -0.2) is 60.3 Å². The predicted molar refractivity (Wildman–Crippen MR) is 166 cm³/mol. The molecule has 50 heavy (non-hydrogen) atoms. The minimum absolute atomic E-state index is 0.0432. The second kappa shape index (κ2) is 14.8. The molecule has 0 bridgehead atoms. The smallest absolute Gasteiger partial charge is 0.478 e. The number of aryl methyl sites for hydroxylation is 4. The zero-order valence-electron chi connectivity index (χ0n) is 26.7. The summed E-state index contributed by atoms with van der Waals surface area (Å²) >= 11 is 0. The van der Waals surface area contributed by atoms with Crippen LogP contribution in [0.4, 0.5) is 43.7 Å². The van der Waals surface area contributed by atoms with E-state index in [4.69, 9.17) is 9.90 Å². The highest BCUT2D eigenvalue weighted by Crippen LogP contribution is 2.36. The number of hydrogen-bond acceptors (Lipinski definition) is 8. The first-order valence-electron chi connectivity index (χ1n) is 15.0. The van der Waals surface area contributed by atoms with E-state index in [9.17, 15) is 41.0 Å². The first kappa shape index (κ1) is 37.1. The molecule has 4 N–H and O–H groups in total. The summed E-state index contributed by atoms with van der Waals surface area (Å²) in [5, 5.41) is 26.7. The number of benzene rings is 2. The van der Waals surface area contributed by atoms with Gasteiger partial charge in [-0.15, -0.1) is 13.2 Å². The summed E-state index contributed by atoms with van der Waals surface area (Å²) < 4.78 is 76.7. The van der Waals surface area contributed by atoms with Gasteiger partial charge in [0.25, 0.3) is 5.91 Å². The molecule has 0 saturated heterocycles. The number of halogens is 6. The quantitative estimate of drug-likeness (QED) is 0.144. The van der Waals surface area contributed by atoms with E-state index < -0.39 is 30.2 Å². The summed E-state index contributed by atoms with van der Waals surface area (Å²) in [5.74, 6) is -5.29. The molecular formula is C32H30F6N6O6. The van der Waals surface area contributed by atoms with Crippen LogP contribution < -0.4 is 15.4 Å². The molecule has 266 valence electrons. The molecule has 0 aliphatic heterocycles. The maximum atomic E-state index is 13.6. The average Bonchev–Trinajstić information content (AvgIpc) is 3.24. The highest BCUT2D eigenvalue weighted by atomic mass is 19.4. The van der Waals surface area contributed by atoms with E-state index in [-0.39, 0.29) is 28.8 Å². The Morgan fingerprint density at radius 3 is 2.18 bits per heavy atom. The van der Waals surface area contributed by atoms with Crippen LogP contribution >= 0.6 is 0 Å². The number of hydrogen-bond donors (Lipinski definition) is 4. The third-order valence-electron chi connectivity index (χ3n) is 7.50. The van der Waals surface area contributed by atoms with Gasteiger partial charge >= 0.3 is 24.5 Å². The van der Waals surface area contributed by atoms with Gasteiger partial charge in [0.2, 0.25) is 5.95 Å². The lowest BCUT2D eigenvalue weighted by atomic mass is 10.0. The number of rotatable bonds is 8. The van der Waals surface area contributed by atoms with E-state index >= 15 is 0 Å². The summed E-state index contributed by atoms with van der Waals surface area (Å²) in [6, 6.07) is 9.00. The highest BCUT2D eigenvalue weighted by Gasteiger charge is 2.38. The monoisotopic (exact) mass is 708 g/mol. The number of para-hydroxylation sites is 1. The van der Waals surface area contributed by atoms with Crippen molar-refractivity contribution in [2.24, 2.45) is 7.05 Å². The largest absolute Gasteiger partial charge is 0.573 e. The van der Waals surface area contributed by atoms with Crippen molar-refractivity contribution in [1.29, 1.82) is 0 Å². The Hall–Kier alpha value is -5.68. The van der Waals surface area contributed by atoms with Crippen LogP contribution in [0.3, 0.4) is 0 Å².